The van der Waals surface area contributed by atoms with Gasteiger partial charge in [0.15, 0.2) is 18.9 Å². The number of ether oxygens (including phenoxy) is 6. The fourth-order valence-electron chi connectivity index (χ4n) is 9.61. The lowest BCUT2D eigenvalue weighted by Gasteiger charge is -2.48. The van der Waals surface area contributed by atoms with Gasteiger partial charge in [0.1, 0.15) is 73.2 Å². The largest absolute Gasteiger partial charge is 0.394 e. The first-order valence-corrected chi connectivity index (χ1v) is 29.7. The van der Waals surface area contributed by atoms with Crippen molar-refractivity contribution >= 4 is 5.91 Å². The molecule has 12 N–H and O–H groups in total. The van der Waals surface area contributed by atoms with Crippen LogP contribution in [0.3, 0.4) is 0 Å². The highest BCUT2D eigenvalue weighted by molar-refractivity contribution is 5.76. The molecule has 17 atom stereocenters. The molecular weight excluding hydrogens is 1020 g/mol. The van der Waals surface area contributed by atoms with Crippen molar-refractivity contribution in [2.45, 2.75) is 272 Å². The zero-order valence-corrected chi connectivity index (χ0v) is 47.3. The average Bonchev–Trinajstić information content (AvgIpc) is 3.45. The highest BCUT2D eigenvalue weighted by Crippen LogP contribution is 2.33. The van der Waals surface area contributed by atoms with Crippen molar-refractivity contribution in [3.8, 4) is 0 Å². The number of rotatable bonds is 42. The van der Waals surface area contributed by atoms with Crippen LogP contribution in [-0.2, 0) is 33.2 Å². The molecule has 3 heterocycles. The molecule has 0 aromatic heterocycles. The minimum atomic E-state index is -1.98. The number of aliphatic hydroxyl groups excluding tert-OH is 11. The number of nitrogens with one attached hydrogen (secondary N) is 1. The van der Waals surface area contributed by atoms with E-state index in [9.17, 15) is 61.0 Å². The van der Waals surface area contributed by atoms with Gasteiger partial charge in [0.25, 0.3) is 0 Å². The van der Waals surface area contributed by atoms with Gasteiger partial charge in [-0.05, 0) is 70.6 Å². The van der Waals surface area contributed by atoms with Crippen LogP contribution >= 0.6 is 0 Å². The van der Waals surface area contributed by atoms with Crippen molar-refractivity contribution in [3.63, 3.8) is 0 Å². The molecule has 0 spiro atoms. The first kappa shape index (κ1) is 70.5. The number of aliphatic hydroxyl groups is 11. The maximum absolute atomic E-state index is 13.3. The van der Waals surface area contributed by atoms with E-state index in [1.807, 2.05) is 6.08 Å². The Morgan fingerprint density at radius 2 is 0.886 bits per heavy atom. The van der Waals surface area contributed by atoms with Crippen molar-refractivity contribution in [1.82, 2.24) is 5.32 Å². The number of unbranched alkanes of at least 4 members (excludes halogenated alkanes) is 16. The topological polar surface area (TPSA) is 307 Å². The molecule has 3 aliphatic heterocycles. The molecule has 3 fully saturated rings. The summed E-state index contributed by atoms with van der Waals surface area (Å²) in [6, 6.07) is -0.997. The van der Waals surface area contributed by atoms with Gasteiger partial charge in [-0.1, -0.05) is 164 Å². The summed E-state index contributed by atoms with van der Waals surface area (Å²) in [6.45, 7) is 1.54. The van der Waals surface area contributed by atoms with Crippen LogP contribution in [0.2, 0.25) is 0 Å². The van der Waals surface area contributed by atoms with Crippen LogP contribution in [0.5, 0.6) is 0 Å². The average molecular weight is 1130 g/mol. The molecule has 456 valence electrons. The number of hydrogen-bond donors (Lipinski definition) is 12. The second-order valence-corrected chi connectivity index (χ2v) is 21.1. The molecule has 3 saturated heterocycles. The Kier molecular flexibility index (Phi) is 38.3. The van der Waals surface area contributed by atoms with E-state index in [1.54, 1.807) is 6.08 Å². The van der Waals surface area contributed by atoms with Crippen molar-refractivity contribution in [2.24, 2.45) is 0 Å². The van der Waals surface area contributed by atoms with Crippen LogP contribution in [0.4, 0.5) is 0 Å². The van der Waals surface area contributed by atoms with Crippen LogP contribution in [0.15, 0.2) is 72.9 Å². The summed E-state index contributed by atoms with van der Waals surface area (Å²) in [4.78, 5) is 13.3. The zero-order valence-electron chi connectivity index (χ0n) is 47.3. The third-order valence-corrected chi connectivity index (χ3v) is 14.5. The smallest absolute Gasteiger partial charge is 0.220 e. The third kappa shape index (κ3) is 27.0. The molecule has 3 rings (SSSR count). The van der Waals surface area contributed by atoms with E-state index >= 15 is 0 Å². The molecule has 79 heavy (non-hydrogen) atoms. The summed E-state index contributed by atoms with van der Waals surface area (Å²) >= 11 is 0. The number of carbonyl (C=O) groups excluding carboxylic acids is 1. The molecule has 0 aromatic rings. The van der Waals surface area contributed by atoms with Crippen LogP contribution < -0.4 is 5.32 Å². The van der Waals surface area contributed by atoms with Gasteiger partial charge < -0.3 is 89.9 Å². The lowest BCUT2D eigenvalue weighted by atomic mass is 9.96. The highest BCUT2D eigenvalue weighted by atomic mass is 16.8. The fraction of sp³-hybridized carbons (Fsp3) is 0.783. The van der Waals surface area contributed by atoms with E-state index in [0.717, 1.165) is 77.0 Å². The third-order valence-electron chi connectivity index (χ3n) is 14.5. The molecule has 19 heteroatoms. The second-order valence-electron chi connectivity index (χ2n) is 21.1. The summed E-state index contributed by atoms with van der Waals surface area (Å²) in [5.74, 6) is -0.299. The molecule has 1 amide bonds. The van der Waals surface area contributed by atoms with Gasteiger partial charge in [0.2, 0.25) is 5.91 Å². The molecule has 0 radical (unpaired) electrons. The maximum atomic E-state index is 13.3. The number of carbonyl (C=O) groups is 1. The van der Waals surface area contributed by atoms with E-state index in [2.05, 4.69) is 79.9 Å². The Hall–Kier alpha value is -2.77. The molecule has 0 bridgehead atoms. The van der Waals surface area contributed by atoms with Gasteiger partial charge in [0.05, 0.1) is 38.6 Å². The first-order valence-electron chi connectivity index (χ1n) is 29.7. The Bertz CT molecular complexity index is 1730. The van der Waals surface area contributed by atoms with Crippen LogP contribution in [0.1, 0.15) is 168 Å². The molecule has 0 aliphatic carbocycles. The van der Waals surface area contributed by atoms with E-state index in [-0.39, 0.29) is 18.9 Å². The maximum Gasteiger partial charge on any atom is 0.220 e. The normalized spacial score (nSPS) is 30.8. The molecule has 19 nitrogen and oxygen atoms in total. The molecule has 3 aliphatic rings. The molecule has 0 aromatic carbocycles. The van der Waals surface area contributed by atoms with Crippen molar-refractivity contribution < 1.29 is 89.4 Å². The summed E-state index contributed by atoms with van der Waals surface area (Å²) < 4.78 is 34.2. The van der Waals surface area contributed by atoms with Gasteiger partial charge in [0, 0.05) is 6.42 Å². The Balaban J connectivity index is 1.50. The highest BCUT2D eigenvalue weighted by Gasteiger charge is 2.53. The standard InChI is InChI=1S/C60H103NO18/c1-3-5-7-9-11-13-15-17-18-19-20-21-22-23-24-26-28-30-32-34-36-38-48(66)61-43(44(65)37-35-33-31-29-27-25-16-14-12-10-8-6-4-2)42-74-58-54(72)51(69)56(46(40-63)76-58)79-60-55(73)52(70)57(47(41-64)77-60)78-59-53(71)50(68)49(67)45(39-62)75-59/h5,7,11,13,17-18,20-21,27,29,35,37,43-47,49-60,62-65,67-73H,3-4,6,8-10,12,14-16,19,22-26,28,30-34,36,38-42H2,1-2H3,(H,61,66)/b7-5-,13-11-,18-17-,21-20-,29-27+,37-35+. The van der Waals surface area contributed by atoms with Crippen molar-refractivity contribution in [2.75, 3.05) is 26.4 Å². The Morgan fingerprint density at radius 1 is 0.468 bits per heavy atom. The fourth-order valence-corrected chi connectivity index (χ4v) is 9.61. The van der Waals surface area contributed by atoms with Gasteiger partial charge in [-0.3, -0.25) is 4.79 Å². The zero-order chi connectivity index (χ0) is 57.6. The monoisotopic (exact) mass is 1130 g/mol. The number of amides is 1. The Morgan fingerprint density at radius 3 is 1.42 bits per heavy atom. The lowest BCUT2D eigenvalue weighted by molar-refractivity contribution is -0.379. The molecule has 17 unspecified atom stereocenters. The van der Waals surface area contributed by atoms with Crippen molar-refractivity contribution in [3.05, 3.63) is 72.9 Å². The predicted octanol–water partition coefficient (Wildman–Crippen LogP) is 5.04. The summed E-state index contributed by atoms with van der Waals surface area (Å²) in [6.07, 6.45) is 23.1. The second kappa shape index (κ2) is 43.0. The number of hydrogen-bond acceptors (Lipinski definition) is 18. The molecular formula is C60H103NO18. The van der Waals surface area contributed by atoms with E-state index in [1.165, 1.54) is 57.8 Å². The number of allylic oxidation sites excluding steroid dienone is 11. The summed E-state index contributed by atoms with van der Waals surface area (Å²) in [5.41, 5.74) is 0. The predicted molar refractivity (Wildman–Crippen MR) is 300 cm³/mol. The quantitative estimate of drug-likeness (QED) is 0.0282. The Labute approximate surface area is 470 Å². The van der Waals surface area contributed by atoms with Gasteiger partial charge >= 0.3 is 0 Å². The van der Waals surface area contributed by atoms with E-state index in [0.29, 0.717) is 12.8 Å². The van der Waals surface area contributed by atoms with E-state index < -0.39 is 124 Å². The summed E-state index contributed by atoms with van der Waals surface area (Å²) in [5, 5.41) is 120. The van der Waals surface area contributed by atoms with Crippen molar-refractivity contribution in [1.29, 1.82) is 0 Å². The molecule has 0 saturated carbocycles. The van der Waals surface area contributed by atoms with Crippen LogP contribution in [0.25, 0.3) is 0 Å². The van der Waals surface area contributed by atoms with E-state index in [4.69, 9.17) is 28.4 Å². The SMILES string of the molecule is CC/C=C\C/C=C\C/C=C\C/C=C\CCCCCCCCCCC(=O)NC(COC1OC(CO)C(OC2OC(CO)C(OC3OC(CO)C(O)C(O)C3O)C(O)C2O)C(O)C1O)C(O)/C=C/CC/C=C/CCCCCCCCC. The van der Waals surface area contributed by atoms with Crippen LogP contribution in [0, 0.1) is 0 Å². The minimum Gasteiger partial charge on any atom is -0.394 e. The van der Waals surface area contributed by atoms with Gasteiger partial charge in [-0.2, -0.15) is 0 Å². The van der Waals surface area contributed by atoms with Gasteiger partial charge in [-0.25, -0.2) is 0 Å². The lowest BCUT2D eigenvalue weighted by Crippen LogP contribution is -2.66. The first-order chi connectivity index (χ1) is 38.3. The van der Waals surface area contributed by atoms with Crippen LogP contribution in [-0.4, -0.2) is 193 Å². The van der Waals surface area contributed by atoms with Gasteiger partial charge in [-0.15, -0.1) is 0 Å². The minimum absolute atomic E-state index is 0.222. The summed E-state index contributed by atoms with van der Waals surface area (Å²) in [7, 11) is 0.